The minimum atomic E-state index is -0.279. The van der Waals surface area contributed by atoms with Gasteiger partial charge in [0.05, 0.1) is 6.61 Å². The monoisotopic (exact) mass is 515 g/mol. The van der Waals surface area contributed by atoms with Crippen LogP contribution >= 0.6 is 0 Å². The lowest BCUT2D eigenvalue weighted by molar-refractivity contribution is 0.0774. The Labute approximate surface area is 221 Å². The SMILES string of the molecule is CCOC(=O)N1CC=C(c2cccn3nc(Nc4ccc(C(=O)N5CC6CCN(C)[C@@H]6C5)cc4)nc23)CC1. The lowest BCUT2D eigenvalue weighted by Gasteiger charge is -2.25. The summed E-state index contributed by atoms with van der Waals surface area (Å²) in [6, 6.07) is 12.0. The number of benzene rings is 1. The second-order valence-electron chi connectivity index (χ2n) is 10.3. The Hall–Kier alpha value is -3.92. The molecule has 2 saturated heterocycles. The number of aromatic nitrogens is 3. The Kier molecular flexibility index (Phi) is 6.49. The van der Waals surface area contributed by atoms with Crippen molar-refractivity contribution in [3.05, 3.63) is 59.8 Å². The molecule has 38 heavy (non-hydrogen) atoms. The molecule has 3 aliphatic rings. The van der Waals surface area contributed by atoms with Crippen LogP contribution in [0.3, 0.4) is 0 Å². The zero-order chi connectivity index (χ0) is 26.2. The van der Waals surface area contributed by atoms with Gasteiger partial charge < -0.3 is 24.8 Å². The number of anilines is 2. The van der Waals surface area contributed by atoms with E-state index in [-0.39, 0.29) is 12.0 Å². The van der Waals surface area contributed by atoms with Gasteiger partial charge in [-0.3, -0.25) is 4.79 Å². The maximum Gasteiger partial charge on any atom is 0.410 e. The number of rotatable bonds is 5. The lowest BCUT2D eigenvalue weighted by atomic mass is 10.0. The Bertz CT molecular complexity index is 1380. The molecule has 0 saturated carbocycles. The molecule has 0 bridgehead atoms. The number of carbonyl (C=O) groups is 2. The van der Waals surface area contributed by atoms with E-state index < -0.39 is 0 Å². The molecule has 10 heteroatoms. The summed E-state index contributed by atoms with van der Waals surface area (Å²) in [6.45, 7) is 6.08. The summed E-state index contributed by atoms with van der Waals surface area (Å²) in [4.78, 5) is 35.9. The van der Waals surface area contributed by atoms with Crippen LogP contribution in [0.1, 0.15) is 35.7 Å². The van der Waals surface area contributed by atoms with E-state index in [0.717, 1.165) is 48.5 Å². The molecule has 2 fully saturated rings. The average Bonchev–Trinajstić information content (AvgIpc) is 3.64. The summed E-state index contributed by atoms with van der Waals surface area (Å²) in [7, 11) is 2.15. The van der Waals surface area contributed by atoms with Crippen molar-refractivity contribution in [2.45, 2.75) is 25.8 Å². The van der Waals surface area contributed by atoms with Gasteiger partial charge in [0.15, 0.2) is 5.65 Å². The van der Waals surface area contributed by atoms with Crippen molar-refractivity contribution in [2.75, 3.05) is 51.7 Å². The van der Waals surface area contributed by atoms with Gasteiger partial charge in [0.2, 0.25) is 5.95 Å². The normalized spacial score (nSPS) is 21.5. The highest BCUT2D eigenvalue weighted by Gasteiger charge is 2.41. The molecular weight excluding hydrogens is 482 g/mol. The van der Waals surface area contributed by atoms with Gasteiger partial charge in [0.1, 0.15) is 0 Å². The van der Waals surface area contributed by atoms with E-state index in [1.165, 1.54) is 6.42 Å². The second kappa shape index (κ2) is 10.1. The minimum Gasteiger partial charge on any atom is -0.450 e. The molecule has 3 aromatic rings. The highest BCUT2D eigenvalue weighted by atomic mass is 16.6. The summed E-state index contributed by atoms with van der Waals surface area (Å²) >= 11 is 0. The number of hydrogen-bond acceptors (Lipinski definition) is 7. The zero-order valence-corrected chi connectivity index (χ0v) is 21.8. The van der Waals surface area contributed by atoms with Crippen molar-refractivity contribution in [1.29, 1.82) is 0 Å². The molecule has 5 heterocycles. The van der Waals surface area contributed by atoms with Crippen LogP contribution in [-0.2, 0) is 4.74 Å². The maximum atomic E-state index is 13.1. The van der Waals surface area contributed by atoms with Crippen LogP contribution in [-0.4, -0.2) is 93.7 Å². The van der Waals surface area contributed by atoms with Gasteiger partial charge in [-0.05, 0) is 81.2 Å². The smallest absolute Gasteiger partial charge is 0.410 e. The van der Waals surface area contributed by atoms with Crippen LogP contribution in [0.25, 0.3) is 11.2 Å². The Balaban J connectivity index is 1.14. The van der Waals surface area contributed by atoms with Gasteiger partial charge in [-0.1, -0.05) is 6.08 Å². The molecule has 1 N–H and O–H groups in total. The van der Waals surface area contributed by atoms with E-state index in [4.69, 9.17) is 9.72 Å². The van der Waals surface area contributed by atoms with Crippen LogP contribution in [0.5, 0.6) is 0 Å². The summed E-state index contributed by atoms with van der Waals surface area (Å²) in [5.74, 6) is 1.17. The van der Waals surface area contributed by atoms with Crippen LogP contribution in [0, 0.1) is 5.92 Å². The number of hydrogen-bond donors (Lipinski definition) is 1. The van der Waals surface area contributed by atoms with Crippen molar-refractivity contribution in [3.63, 3.8) is 0 Å². The first-order chi connectivity index (χ1) is 18.5. The number of nitrogens with zero attached hydrogens (tertiary/aromatic N) is 6. The third-order valence-electron chi connectivity index (χ3n) is 7.94. The number of fused-ring (bicyclic) bond motifs is 2. The molecule has 1 unspecified atom stereocenters. The number of pyridine rings is 1. The molecule has 3 aliphatic heterocycles. The number of nitrogens with one attached hydrogen (secondary N) is 1. The second-order valence-corrected chi connectivity index (χ2v) is 10.3. The fourth-order valence-electron chi connectivity index (χ4n) is 5.85. The standard InChI is InChI=1S/C28H33N7O3/c1-3-38-28(37)33-15-11-19(12-16-33)23-5-4-13-35-25(23)30-27(31-35)29-22-8-6-20(7-9-22)26(36)34-17-21-10-14-32(2)24(21)18-34/h4-9,11,13,21,24H,3,10,12,14-18H2,1-2H3,(H,29,31)/t21?,24-/m1/s1. The van der Waals surface area contributed by atoms with E-state index in [9.17, 15) is 9.59 Å². The largest absolute Gasteiger partial charge is 0.450 e. The third kappa shape index (κ3) is 4.60. The van der Waals surface area contributed by atoms with Crippen molar-refractivity contribution >= 4 is 34.9 Å². The van der Waals surface area contributed by atoms with Gasteiger partial charge in [0, 0.05) is 55.2 Å². The van der Waals surface area contributed by atoms with Gasteiger partial charge in [0.25, 0.3) is 5.91 Å². The number of ether oxygens (including phenoxy) is 1. The Morgan fingerprint density at radius 3 is 2.68 bits per heavy atom. The van der Waals surface area contributed by atoms with E-state index in [1.54, 1.807) is 9.42 Å². The summed E-state index contributed by atoms with van der Waals surface area (Å²) in [6.07, 6.45) is 5.54. The van der Waals surface area contributed by atoms with E-state index in [2.05, 4.69) is 28.4 Å². The quantitative estimate of drug-likeness (QED) is 0.556. The summed E-state index contributed by atoms with van der Waals surface area (Å²) < 4.78 is 6.88. The maximum absolute atomic E-state index is 13.1. The third-order valence-corrected chi connectivity index (χ3v) is 7.94. The Morgan fingerprint density at radius 1 is 1.11 bits per heavy atom. The van der Waals surface area contributed by atoms with Gasteiger partial charge >= 0.3 is 6.09 Å². The van der Waals surface area contributed by atoms with E-state index in [1.807, 2.05) is 54.4 Å². The highest BCUT2D eigenvalue weighted by molar-refractivity contribution is 5.95. The van der Waals surface area contributed by atoms with E-state index in [0.29, 0.717) is 43.2 Å². The summed E-state index contributed by atoms with van der Waals surface area (Å²) in [5, 5.41) is 7.86. The highest BCUT2D eigenvalue weighted by Crippen LogP contribution is 2.31. The first kappa shape index (κ1) is 24.4. The molecule has 0 spiro atoms. The van der Waals surface area contributed by atoms with Crippen molar-refractivity contribution in [1.82, 2.24) is 29.3 Å². The summed E-state index contributed by atoms with van der Waals surface area (Å²) in [5.41, 5.74) is 4.40. The molecule has 2 aromatic heterocycles. The zero-order valence-electron chi connectivity index (χ0n) is 21.8. The predicted molar refractivity (Wildman–Crippen MR) is 144 cm³/mol. The lowest BCUT2D eigenvalue weighted by Crippen LogP contribution is -2.35. The van der Waals surface area contributed by atoms with Crippen molar-refractivity contribution in [3.8, 4) is 0 Å². The molecule has 6 rings (SSSR count). The number of likely N-dealkylation sites (tertiary alicyclic amines) is 2. The van der Waals surface area contributed by atoms with Crippen molar-refractivity contribution in [2.24, 2.45) is 5.92 Å². The molecule has 1 aromatic carbocycles. The van der Waals surface area contributed by atoms with Gasteiger partial charge in [-0.2, -0.15) is 4.98 Å². The molecule has 198 valence electrons. The van der Waals surface area contributed by atoms with E-state index >= 15 is 0 Å². The van der Waals surface area contributed by atoms with Crippen LogP contribution in [0.15, 0.2) is 48.7 Å². The number of likely N-dealkylation sites (N-methyl/N-ethyl adjacent to an activating group) is 1. The van der Waals surface area contributed by atoms with Crippen molar-refractivity contribution < 1.29 is 14.3 Å². The van der Waals surface area contributed by atoms with Crippen LogP contribution < -0.4 is 5.32 Å². The fourth-order valence-corrected chi connectivity index (χ4v) is 5.85. The average molecular weight is 516 g/mol. The van der Waals surface area contributed by atoms with Crippen LogP contribution in [0.4, 0.5) is 16.4 Å². The predicted octanol–water partition coefficient (Wildman–Crippen LogP) is 3.49. The molecule has 2 atom stereocenters. The first-order valence-electron chi connectivity index (χ1n) is 13.3. The molecular formula is C28H33N7O3. The van der Waals surface area contributed by atoms with Crippen LogP contribution in [0.2, 0.25) is 0 Å². The molecule has 0 radical (unpaired) electrons. The first-order valence-corrected chi connectivity index (χ1v) is 13.3. The molecule has 10 nitrogen and oxygen atoms in total. The van der Waals surface area contributed by atoms with Gasteiger partial charge in [-0.15, -0.1) is 5.10 Å². The molecule has 2 amide bonds. The fraction of sp³-hybridized carbons (Fsp3) is 0.429. The molecule has 0 aliphatic carbocycles. The topological polar surface area (TPSA) is 95.3 Å². The van der Waals surface area contributed by atoms with Gasteiger partial charge in [-0.25, -0.2) is 9.31 Å². The Morgan fingerprint density at radius 2 is 1.95 bits per heavy atom. The number of carbonyl (C=O) groups excluding carboxylic acids is 2. The number of amides is 2. The minimum absolute atomic E-state index is 0.0946.